The Morgan fingerprint density at radius 2 is 1.70 bits per heavy atom. The van der Waals surface area contributed by atoms with Crippen molar-refractivity contribution in [3.05, 3.63) is 65.5 Å². The quantitative estimate of drug-likeness (QED) is 0.350. The fourth-order valence-corrected chi connectivity index (χ4v) is 6.12. The summed E-state index contributed by atoms with van der Waals surface area (Å²) in [5.74, 6) is -2.55. The number of piperidine rings is 1. The SMILES string of the molecule is C[C@H]1C[C@]2(CCN1Cc1cccc(C(F)(F)F)c1)C(NC1CCCCC1)=NC(=O)N2c1cccc(F)c1.O=C(O)C(F)(F)F. The number of carboxylic acid groups (broad SMARTS) is 1. The Balaban J connectivity index is 0.000000566. The number of halogens is 7. The molecule has 2 heterocycles. The lowest BCUT2D eigenvalue weighted by Gasteiger charge is -2.48. The summed E-state index contributed by atoms with van der Waals surface area (Å²) in [6, 6.07) is 11.2. The molecule has 3 aliphatic rings. The number of likely N-dealkylation sites (tertiary alicyclic amines) is 1. The van der Waals surface area contributed by atoms with Crippen molar-refractivity contribution >= 4 is 23.5 Å². The van der Waals surface area contributed by atoms with Gasteiger partial charge in [-0.05, 0) is 62.4 Å². The van der Waals surface area contributed by atoms with Crippen molar-refractivity contribution in [1.29, 1.82) is 0 Å². The summed E-state index contributed by atoms with van der Waals surface area (Å²) < 4.78 is 85.6. The van der Waals surface area contributed by atoms with E-state index >= 15 is 0 Å². The molecule has 2 fully saturated rings. The molecule has 2 aromatic carbocycles. The largest absolute Gasteiger partial charge is 0.490 e. The van der Waals surface area contributed by atoms with Gasteiger partial charge in [-0.2, -0.15) is 31.3 Å². The number of hydrogen-bond acceptors (Lipinski definition) is 4. The van der Waals surface area contributed by atoms with Gasteiger partial charge in [0, 0.05) is 30.9 Å². The molecular formula is C30H33F7N4O3. The molecule has 0 bridgehead atoms. The van der Waals surface area contributed by atoms with Gasteiger partial charge >= 0.3 is 24.4 Å². The predicted octanol–water partition coefficient (Wildman–Crippen LogP) is 7.16. The highest BCUT2D eigenvalue weighted by molar-refractivity contribution is 6.16. The zero-order chi connectivity index (χ0) is 32.3. The number of urea groups is 1. The molecule has 5 rings (SSSR count). The lowest BCUT2D eigenvalue weighted by atomic mass is 9.80. The van der Waals surface area contributed by atoms with E-state index in [-0.39, 0.29) is 12.1 Å². The van der Waals surface area contributed by atoms with Crippen LogP contribution in [-0.2, 0) is 17.5 Å². The molecule has 44 heavy (non-hydrogen) atoms. The van der Waals surface area contributed by atoms with Crippen LogP contribution in [0.1, 0.15) is 63.0 Å². The number of anilines is 1. The number of carboxylic acids is 1. The third-order valence-electron chi connectivity index (χ3n) is 8.23. The Bertz CT molecular complexity index is 1370. The van der Waals surface area contributed by atoms with Crippen molar-refractivity contribution in [3.8, 4) is 0 Å². The van der Waals surface area contributed by atoms with E-state index in [0.29, 0.717) is 43.0 Å². The molecular weight excluding hydrogens is 597 g/mol. The number of aliphatic imine (C=N–C) groups is 1. The molecule has 2 aliphatic heterocycles. The number of rotatable bonds is 4. The van der Waals surface area contributed by atoms with E-state index in [2.05, 4.69) is 15.2 Å². The van der Waals surface area contributed by atoms with Crippen LogP contribution in [0.4, 0.5) is 41.2 Å². The molecule has 0 unspecified atom stereocenters. The van der Waals surface area contributed by atoms with E-state index in [1.807, 2.05) is 6.92 Å². The van der Waals surface area contributed by atoms with Crippen LogP contribution in [-0.4, -0.2) is 58.2 Å². The van der Waals surface area contributed by atoms with Gasteiger partial charge in [-0.3, -0.25) is 9.80 Å². The summed E-state index contributed by atoms with van der Waals surface area (Å²) >= 11 is 0. The van der Waals surface area contributed by atoms with Gasteiger partial charge in [0.1, 0.15) is 17.2 Å². The Hall–Kier alpha value is -3.68. The van der Waals surface area contributed by atoms with Crippen molar-refractivity contribution in [3.63, 3.8) is 0 Å². The molecule has 0 radical (unpaired) electrons. The number of alkyl halides is 6. The average Bonchev–Trinajstić information content (AvgIpc) is 3.20. The van der Waals surface area contributed by atoms with Crippen molar-refractivity contribution < 1.29 is 45.4 Å². The molecule has 1 aliphatic carbocycles. The highest BCUT2D eigenvalue weighted by Crippen LogP contribution is 2.41. The van der Waals surface area contributed by atoms with Crippen LogP contribution in [0.3, 0.4) is 0 Å². The van der Waals surface area contributed by atoms with Gasteiger partial charge in [0.05, 0.1) is 5.56 Å². The number of carbonyl (C=O) groups is 2. The first kappa shape index (κ1) is 33.2. The van der Waals surface area contributed by atoms with Crippen LogP contribution >= 0.6 is 0 Å². The molecule has 7 nitrogen and oxygen atoms in total. The second kappa shape index (κ2) is 13.1. The summed E-state index contributed by atoms with van der Waals surface area (Å²) in [5, 5.41) is 10.7. The van der Waals surface area contributed by atoms with Crippen molar-refractivity contribution in [2.75, 3.05) is 11.4 Å². The summed E-state index contributed by atoms with van der Waals surface area (Å²) in [6.45, 7) is 2.96. The van der Waals surface area contributed by atoms with Crippen LogP contribution in [0.25, 0.3) is 0 Å². The molecule has 1 saturated carbocycles. The lowest BCUT2D eigenvalue weighted by Crippen LogP contribution is -2.63. The third kappa shape index (κ3) is 7.69. The van der Waals surface area contributed by atoms with Crippen LogP contribution in [0.5, 0.6) is 0 Å². The van der Waals surface area contributed by atoms with Crippen LogP contribution in [0.15, 0.2) is 53.5 Å². The number of carbonyl (C=O) groups excluding carboxylic acids is 1. The first-order valence-electron chi connectivity index (χ1n) is 14.3. The number of nitrogens with zero attached hydrogens (tertiary/aromatic N) is 3. The van der Waals surface area contributed by atoms with E-state index in [4.69, 9.17) is 9.90 Å². The standard InChI is InChI=1S/C28H32F4N4O.C2HF3O2/c1-19-17-27(13-14-35(19)18-20-7-5-8-21(15-20)28(30,31)32)25(33-23-10-3-2-4-11-23)34-26(37)36(27)24-12-6-9-22(29)16-24;3-2(4,5)1(6)7/h5-9,12,15-16,19,23H,2-4,10-11,13-14,17-18H2,1H3,(H,33,34,37);(H,6,7)/t19-,27+;/m0./s1. The number of amides is 2. The maximum Gasteiger partial charge on any atom is 0.490 e. The number of amidine groups is 1. The fraction of sp³-hybridized carbons (Fsp3) is 0.500. The zero-order valence-corrected chi connectivity index (χ0v) is 23.9. The van der Waals surface area contributed by atoms with E-state index in [0.717, 1.165) is 31.7 Å². The van der Waals surface area contributed by atoms with Gasteiger partial charge in [0.2, 0.25) is 0 Å². The maximum absolute atomic E-state index is 14.2. The fourth-order valence-electron chi connectivity index (χ4n) is 6.12. The van der Waals surface area contributed by atoms with Gasteiger partial charge < -0.3 is 10.4 Å². The van der Waals surface area contributed by atoms with Crippen molar-refractivity contribution in [2.45, 2.75) is 88.4 Å². The summed E-state index contributed by atoms with van der Waals surface area (Å²) in [5.41, 5.74) is -0.355. The van der Waals surface area contributed by atoms with Gasteiger partial charge in [-0.1, -0.05) is 43.5 Å². The Morgan fingerprint density at radius 1 is 1.05 bits per heavy atom. The summed E-state index contributed by atoms with van der Waals surface area (Å²) in [7, 11) is 0. The van der Waals surface area contributed by atoms with Crippen molar-refractivity contribution in [1.82, 2.24) is 10.2 Å². The van der Waals surface area contributed by atoms with Crippen molar-refractivity contribution in [2.24, 2.45) is 4.99 Å². The summed E-state index contributed by atoms with van der Waals surface area (Å²) in [4.78, 5) is 30.4. The second-order valence-corrected chi connectivity index (χ2v) is 11.3. The van der Waals surface area contributed by atoms with Gasteiger partial charge in [0.15, 0.2) is 0 Å². The first-order chi connectivity index (χ1) is 20.6. The Labute approximate surface area is 249 Å². The van der Waals surface area contributed by atoms with E-state index < -0.39 is 41.3 Å². The molecule has 14 heteroatoms. The monoisotopic (exact) mass is 630 g/mol. The topological polar surface area (TPSA) is 85.2 Å². The molecule has 240 valence electrons. The molecule has 2 N–H and O–H groups in total. The normalized spacial score (nSPS) is 23.3. The number of aliphatic carboxylic acids is 1. The number of nitrogens with one attached hydrogen (secondary N) is 1. The van der Waals surface area contributed by atoms with Gasteiger partial charge in [-0.25, -0.2) is 14.0 Å². The van der Waals surface area contributed by atoms with Crippen LogP contribution < -0.4 is 10.2 Å². The second-order valence-electron chi connectivity index (χ2n) is 11.3. The lowest BCUT2D eigenvalue weighted by molar-refractivity contribution is -0.192. The molecule has 1 saturated heterocycles. The molecule has 2 amide bonds. The van der Waals surface area contributed by atoms with E-state index in [1.165, 1.54) is 30.7 Å². The zero-order valence-electron chi connectivity index (χ0n) is 23.9. The van der Waals surface area contributed by atoms with Gasteiger partial charge in [0.25, 0.3) is 0 Å². The smallest absolute Gasteiger partial charge is 0.475 e. The highest BCUT2D eigenvalue weighted by Gasteiger charge is 2.54. The Morgan fingerprint density at radius 3 is 2.30 bits per heavy atom. The Kier molecular flexibility index (Phi) is 9.91. The van der Waals surface area contributed by atoms with E-state index in [9.17, 15) is 35.5 Å². The minimum atomic E-state index is -5.08. The number of benzene rings is 2. The molecule has 2 atom stereocenters. The van der Waals surface area contributed by atoms with Gasteiger partial charge in [-0.15, -0.1) is 0 Å². The molecule has 0 aromatic heterocycles. The number of hydrogen-bond donors (Lipinski definition) is 2. The average molecular weight is 631 g/mol. The minimum absolute atomic E-state index is 0.0522. The third-order valence-corrected chi connectivity index (χ3v) is 8.23. The van der Waals surface area contributed by atoms with E-state index in [1.54, 1.807) is 23.1 Å². The molecule has 2 aromatic rings. The maximum atomic E-state index is 14.2. The minimum Gasteiger partial charge on any atom is -0.475 e. The summed E-state index contributed by atoms with van der Waals surface area (Å²) in [6.07, 6.45) is -2.92. The highest BCUT2D eigenvalue weighted by atomic mass is 19.4. The first-order valence-corrected chi connectivity index (χ1v) is 14.3. The predicted molar refractivity (Wildman–Crippen MR) is 149 cm³/mol. The van der Waals surface area contributed by atoms with Crippen LogP contribution in [0, 0.1) is 5.82 Å². The van der Waals surface area contributed by atoms with Crippen LogP contribution in [0.2, 0.25) is 0 Å². The molecule has 1 spiro atoms.